The summed E-state index contributed by atoms with van der Waals surface area (Å²) < 4.78 is 0. The molecule has 4 heteroatoms. The van der Waals surface area contributed by atoms with Crippen molar-refractivity contribution in [3.8, 4) is 0 Å². The Labute approximate surface area is 229 Å². The van der Waals surface area contributed by atoms with Gasteiger partial charge in [-0.1, -0.05) is 78.9 Å². The smallest absolute Gasteiger partial charge is 0.223 e. The molecule has 4 nitrogen and oxygen atoms in total. The van der Waals surface area contributed by atoms with Gasteiger partial charge in [-0.3, -0.25) is 9.69 Å². The predicted molar refractivity (Wildman–Crippen MR) is 156 cm³/mol. The fourth-order valence-electron chi connectivity index (χ4n) is 6.64. The van der Waals surface area contributed by atoms with Crippen LogP contribution in [0.4, 0.5) is 0 Å². The van der Waals surface area contributed by atoms with Crippen molar-refractivity contribution in [3.05, 3.63) is 107 Å². The van der Waals surface area contributed by atoms with Gasteiger partial charge >= 0.3 is 0 Å². The summed E-state index contributed by atoms with van der Waals surface area (Å²) in [6.45, 7) is 10.5. The Kier molecular flexibility index (Phi) is 8.61. The van der Waals surface area contributed by atoms with Gasteiger partial charge in [-0.05, 0) is 67.5 Å². The van der Waals surface area contributed by atoms with Gasteiger partial charge in [0, 0.05) is 57.6 Å². The van der Waals surface area contributed by atoms with Gasteiger partial charge in [-0.25, -0.2) is 0 Å². The molecular weight excluding hydrogens is 466 g/mol. The molecule has 2 saturated heterocycles. The largest absolute Gasteiger partial charge is 0.343 e. The van der Waals surface area contributed by atoms with Crippen molar-refractivity contribution in [1.82, 2.24) is 14.7 Å². The number of amides is 1. The molecule has 3 aromatic rings. The number of piperidine rings is 1. The molecule has 2 heterocycles. The molecule has 1 unspecified atom stereocenters. The highest BCUT2D eigenvalue weighted by Crippen LogP contribution is 2.37. The molecule has 0 bridgehead atoms. The van der Waals surface area contributed by atoms with Crippen LogP contribution in [0, 0.1) is 19.8 Å². The van der Waals surface area contributed by atoms with E-state index in [0.29, 0.717) is 18.4 Å². The Hall–Kier alpha value is -2.95. The van der Waals surface area contributed by atoms with Crippen molar-refractivity contribution in [1.29, 1.82) is 0 Å². The zero-order chi connectivity index (χ0) is 26.5. The van der Waals surface area contributed by atoms with Crippen LogP contribution in [-0.2, 0) is 4.79 Å². The summed E-state index contributed by atoms with van der Waals surface area (Å²) in [5.41, 5.74) is 6.48. The minimum atomic E-state index is 0.0880. The molecule has 2 aliphatic rings. The van der Waals surface area contributed by atoms with E-state index < -0.39 is 0 Å². The van der Waals surface area contributed by atoms with E-state index in [1.165, 1.54) is 27.8 Å². The number of carbonyl (C=O) groups is 1. The summed E-state index contributed by atoms with van der Waals surface area (Å²) in [5.74, 6) is 0.953. The molecule has 38 heavy (non-hydrogen) atoms. The Morgan fingerprint density at radius 2 is 1.26 bits per heavy atom. The van der Waals surface area contributed by atoms with E-state index >= 15 is 0 Å². The van der Waals surface area contributed by atoms with Gasteiger partial charge in [0.15, 0.2) is 0 Å². The lowest BCUT2D eigenvalue weighted by Crippen LogP contribution is -2.49. The SMILES string of the molecule is Cc1ccccc1C(CC(=O)N1CCC(C(c2ccccc2)N2CCN(C)CC2)CC1)c1ccccc1C. The first kappa shape index (κ1) is 26.6. The second-order valence-corrected chi connectivity index (χ2v) is 11.4. The zero-order valence-corrected chi connectivity index (χ0v) is 23.4. The molecule has 0 spiro atoms. The first-order valence-electron chi connectivity index (χ1n) is 14.4. The van der Waals surface area contributed by atoms with E-state index in [2.05, 4.69) is 114 Å². The number of nitrogens with zero attached hydrogens (tertiary/aromatic N) is 3. The summed E-state index contributed by atoms with van der Waals surface area (Å²) in [6.07, 6.45) is 2.66. The zero-order valence-electron chi connectivity index (χ0n) is 23.4. The van der Waals surface area contributed by atoms with Crippen LogP contribution in [0.5, 0.6) is 0 Å². The monoisotopic (exact) mass is 509 g/mol. The van der Waals surface area contributed by atoms with Crippen LogP contribution in [0.3, 0.4) is 0 Å². The van der Waals surface area contributed by atoms with Crippen molar-refractivity contribution in [2.45, 2.75) is 45.1 Å². The molecule has 2 fully saturated rings. The summed E-state index contributed by atoms with van der Waals surface area (Å²) >= 11 is 0. The van der Waals surface area contributed by atoms with Gasteiger partial charge < -0.3 is 9.80 Å². The fraction of sp³-hybridized carbons (Fsp3) is 0.441. The van der Waals surface area contributed by atoms with Crippen LogP contribution in [0.1, 0.15) is 59.0 Å². The second-order valence-electron chi connectivity index (χ2n) is 11.4. The lowest BCUT2D eigenvalue weighted by Gasteiger charge is -2.44. The third-order valence-corrected chi connectivity index (χ3v) is 8.92. The Bertz CT molecular complexity index is 1150. The summed E-state index contributed by atoms with van der Waals surface area (Å²) in [6, 6.07) is 28.6. The number of piperazine rings is 1. The molecule has 0 aliphatic carbocycles. The minimum Gasteiger partial charge on any atom is -0.343 e. The number of likely N-dealkylation sites (N-methyl/N-ethyl adjacent to an activating group) is 1. The van der Waals surface area contributed by atoms with E-state index in [-0.39, 0.29) is 11.8 Å². The van der Waals surface area contributed by atoms with Crippen LogP contribution < -0.4 is 0 Å². The lowest BCUT2D eigenvalue weighted by molar-refractivity contribution is -0.133. The molecule has 0 N–H and O–H groups in total. The topological polar surface area (TPSA) is 26.8 Å². The molecule has 0 radical (unpaired) electrons. The predicted octanol–water partition coefficient (Wildman–Crippen LogP) is 6.05. The van der Waals surface area contributed by atoms with Gasteiger partial charge in [0.25, 0.3) is 0 Å². The number of benzene rings is 3. The fourth-order valence-corrected chi connectivity index (χ4v) is 6.64. The van der Waals surface area contributed by atoms with Crippen molar-refractivity contribution in [2.75, 3.05) is 46.3 Å². The third-order valence-electron chi connectivity index (χ3n) is 8.92. The molecule has 1 atom stereocenters. The summed E-state index contributed by atoms with van der Waals surface area (Å²) in [7, 11) is 2.22. The first-order chi connectivity index (χ1) is 18.5. The van der Waals surface area contributed by atoms with Crippen molar-refractivity contribution in [2.24, 2.45) is 5.92 Å². The lowest BCUT2D eigenvalue weighted by atomic mass is 9.82. The number of hydrogen-bond acceptors (Lipinski definition) is 3. The normalized spacial score (nSPS) is 18.6. The molecule has 1 amide bonds. The second kappa shape index (κ2) is 12.3. The number of aryl methyl sites for hydroxylation is 2. The van der Waals surface area contributed by atoms with Crippen LogP contribution in [0.2, 0.25) is 0 Å². The molecule has 0 saturated carbocycles. The highest BCUT2D eigenvalue weighted by Gasteiger charge is 2.34. The maximum Gasteiger partial charge on any atom is 0.223 e. The van der Waals surface area contributed by atoms with E-state index in [1.807, 2.05) is 0 Å². The van der Waals surface area contributed by atoms with E-state index in [1.54, 1.807) is 0 Å². The molecular formula is C34H43N3O. The molecule has 0 aromatic heterocycles. The van der Waals surface area contributed by atoms with Crippen LogP contribution >= 0.6 is 0 Å². The first-order valence-corrected chi connectivity index (χ1v) is 14.4. The van der Waals surface area contributed by atoms with E-state index in [4.69, 9.17) is 0 Å². The van der Waals surface area contributed by atoms with Crippen molar-refractivity contribution < 1.29 is 4.79 Å². The highest BCUT2D eigenvalue weighted by molar-refractivity contribution is 5.78. The van der Waals surface area contributed by atoms with Crippen molar-refractivity contribution >= 4 is 5.91 Å². The molecule has 3 aromatic carbocycles. The minimum absolute atomic E-state index is 0.0880. The Balaban J connectivity index is 1.30. The number of hydrogen-bond donors (Lipinski definition) is 0. The molecule has 2 aliphatic heterocycles. The molecule has 200 valence electrons. The van der Waals surface area contributed by atoms with Gasteiger partial charge in [0.2, 0.25) is 5.91 Å². The average Bonchev–Trinajstić information content (AvgIpc) is 2.95. The molecule has 5 rings (SSSR count). The number of likely N-dealkylation sites (tertiary alicyclic amines) is 1. The maximum atomic E-state index is 13.8. The highest BCUT2D eigenvalue weighted by atomic mass is 16.2. The summed E-state index contributed by atoms with van der Waals surface area (Å²) in [5, 5.41) is 0. The Morgan fingerprint density at radius 3 is 1.82 bits per heavy atom. The number of carbonyl (C=O) groups excluding carboxylic acids is 1. The van der Waals surface area contributed by atoms with Crippen LogP contribution in [0.25, 0.3) is 0 Å². The van der Waals surface area contributed by atoms with Crippen LogP contribution in [0.15, 0.2) is 78.9 Å². The van der Waals surface area contributed by atoms with E-state index in [0.717, 1.165) is 52.1 Å². The third kappa shape index (κ3) is 6.03. The summed E-state index contributed by atoms with van der Waals surface area (Å²) in [4.78, 5) is 21.0. The van der Waals surface area contributed by atoms with Gasteiger partial charge in [0.05, 0.1) is 0 Å². The van der Waals surface area contributed by atoms with E-state index in [9.17, 15) is 4.79 Å². The van der Waals surface area contributed by atoms with Gasteiger partial charge in [0.1, 0.15) is 0 Å². The average molecular weight is 510 g/mol. The number of rotatable bonds is 7. The quantitative estimate of drug-likeness (QED) is 0.388. The van der Waals surface area contributed by atoms with Crippen molar-refractivity contribution in [3.63, 3.8) is 0 Å². The maximum absolute atomic E-state index is 13.8. The standard InChI is InChI=1S/C34H43N3O/c1-26-11-7-9-15-30(26)32(31-16-10-8-12-27(31)2)25-33(38)36-19-17-29(18-20-36)34(28-13-5-4-6-14-28)37-23-21-35(3)22-24-37/h4-16,29,32,34H,17-25H2,1-3H3. The van der Waals surface area contributed by atoms with Gasteiger partial charge in [-0.15, -0.1) is 0 Å². The van der Waals surface area contributed by atoms with Crippen LogP contribution in [-0.4, -0.2) is 66.9 Å². The Morgan fingerprint density at radius 1 is 0.737 bits per heavy atom. The van der Waals surface area contributed by atoms with Gasteiger partial charge in [-0.2, -0.15) is 0 Å².